The van der Waals surface area contributed by atoms with Gasteiger partial charge in [-0.15, -0.1) is 0 Å². The van der Waals surface area contributed by atoms with Crippen molar-refractivity contribution < 1.29 is 0 Å². The Balaban J connectivity index is 2.01. The van der Waals surface area contributed by atoms with Crippen LogP contribution in [0.4, 0.5) is 0 Å². The quantitative estimate of drug-likeness (QED) is 0.717. The number of hydrogen-bond acceptors (Lipinski definition) is 1. The molecule has 0 amide bonds. The third kappa shape index (κ3) is 5.08. The lowest BCUT2D eigenvalue weighted by Gasteiger charge is -1.99. The van der Waals surface area contributed by atoms with E-state index in [1.165, 1.54) is 30.4 Å². The van der Waals surface area contributed by atoms with E-state index in [9.17, 15) is 0 Å². The zero-order chi connectivity index (χ0) is 14.9. The summed E-state index contributed by atoms with van der Waals surface area (Å²) in [6, 6.07) is 12.7. The minimum atomic E-state index is 0.841. The molecule has 0 radical (unpaired) electrons. The maximum absolute atomic E-state index is 4.42. The molecular formula is C20H23N. The first kappa shape index (κ1) is 15.3. The summed E-state index contributed by atoms with van der Waals surface area (Å²) in [6.07, 6.45) is 7.81. The van der Waals surface area contributed by atoms with E-state index in [2.05, 4.69) is 61.0 Å². The van der Waals surface area contributed by atoms with Crippen LogP contribution in [0.2, 0.25) is 0 Å². The Morgan fingerprint density at radius 3 is 2.19 bits per heavy atom. The number of hydrogen-bond donors (Lipinski definition) is 0. The van der Waals surface area contributed by atoms with E-state index in [1.807, 2.05) is 12.3 Å². The van der Waals surface area contributed by atoms with Crippen LogP contribution in [-0.4, -0.2) is 4.98 Å². The highest BCUT2D eigenvalue weighted by Crippen LogP contribution is 2.07. The highest BCUT2D eigenvalue weighted by molar-refractivity contribution is 5.41. The van der Waals surface area contributed by atoms with Crippen LogP contribution in [0.15, 0.2) is 42.6 Å². The minimum Gasteiger partial charge on any atom is -0.248 e. The van der Waals surface area contributed by atoms with Crippen molar-refractivity contribution in [3.63, 3.8) is 0 Å². The van der Waals surface area contributed by atoms with Gasteiger partial charge in [0.2, 0.25) is 0 Å². The average molecular weight is 277 g/mol. The van der Waals surface area contributed by atoms with Gasteiger partial charge in [-0.1, -0.05) is 50.8 Å². The van der Waals surface area contributed by atoms with E-state index in [4.69, 9.17) is 0 Å². The highest BCUT2D eigenvalue weighted by atomic mass is 14.7. The third-order valence-electron chi connectivity index (χ3n) is 3.47. The first-order valence-corrected chi connectivity index (χ1v) is 7.87. The van der Waals surface area contributed by atoms with Crippen molar-refractivity contribution in [2.24, 2.45) is 0 Å². The van der Waals surface area contributed by atoms with E-state index in [1.54, 1.807) is 0 Å². The third-order valence-corrected chi connectivity index (χ3v) is 3.47. The number of rotatable bonds is 5. The molecule has 0 spiro atoms. The molecule has 21 heavy (non-hydrogen) atoms. The Hall–Kier alpha value is -2.07. The lowest BCUT2D eigenvalue weighted by molar-refractivity contribution is 0.792. The summed E-state index contributed by atoms with van der Waals surface area (Å²) in [5.41, 5.74) is 4.56. The van der Waals surface area contributed by atoms with Crippen molar-refractivity contribution in [3.05, 3.63) is 65.0 Å². The molecule has 1 aromatic carbocycles. The van der Waals surface area contributed by atoms with E-state index in [-0.39, 0.29) is 0 Å². The van der Waals surface area contributed by atoms with Crippen molar-refractivity contribution in [2.45, 2.75) is 46.0 Å². The first-order valence-electron chi connectivity index (χ1n) is 7.87. The van der Waals surface area contributed by atoms with Gasteiger partial charge in [0.25, 0.3) is 0 Å². The van der Waals surface area contributed by atoms with E-state index in [0.29, 0.717) is 0 Å². The van der Waals surface area contributed by atoms with Crippen molar-refractivity contribution in [1.82, 2.24) is 4.98 Å². The van der Waals surface area contributed by atoms with Crippen molar-refractivity contribution in [2.75, 3.05) is 0 Å². The molecule has 1 aromatic heterocycles. The van der Waals surface area contributed by atoms with Gasteiger partial charge in [-0.2, -0.15) is 0 Å². The second-order valence-corrected chi connectivity index (χ2v) is 5.35. The fraction of sp³-hybridized carbons (Fsp3) is 0.350. The molecule has 0 unspecified atom stereocenters. The smallest absolute Gasteiger partial charge is 0.113 e. The summed E-state index contributed by atoms with van der Waals surface area (Å²) in [5, 5.41) is 0. The van der Waals surface area contributed by atoms with Crippen LogP contribution in [0.1, 0.15) is 55.5 Å². The molecule has 1 nitrogen and oxygen atoms in total. The molecule has 0 bridgehead atoms. The van der Waals surface area contributed by atoms with Gasteiger partial charge in [0.15, 0.2) is 0 Å². The Kier molecular flexibility index (Phi) is 6.03. The molecule has 0 atom stereocenters. The molecule has 0 fully saturated rings. The van der Waals surface area contributed by atoms with Gasteiger partial charge < -0.3 is 0 Å². The number of nitrogens with zero attached hydrogens (tertiary/aromatic N) is 1. The molecule has 1 heterocycles. The van der Waals surface area contributed by atoms with Gasteiger partial charge in [0.05, 0.1) is 0 Å². The SMILES string of the molecule is CCCCc1ccc(C#Cc2ccc(CCC)cc2)nc1. The van der Waals surface area contributed by atoms with Crippen molar-refractivity contribution in [3.8, 4) is 11.8 Å². The number of unbranched alkanes of at least 4 members (excludes halogenated alkanes) is 1. The van der Waals surface area contributed by atoms with Gasteiger partial charge in [-0.3, -0.25) is 0 Å². The molecule has 0 aliphatic heterocycles. The summed E-state index contributed by atoms with van der Waals surface area (Å²) in [7, 11) is 0. The van der Waals surface area contributed by atoms with Crippen LogP contribution in [0.3, 0.4) is 0 Å². The summed E-state index contributed by atoms with van der Waals surface area (Å²) < 4.78 is 0. The Morgan fingerprint density at radius 2 is 1.57 bits per heavy atom. The van der Waals surface area contributed by atoms with Gasteiger partial charge in [0, 0.05) is 11.8 Å². The number of pyridine rings is 1. The Morgan fingerprint density at radius 1 is 0.810 bits per heavy atom. The first-order chi connectivity index (χ1) is 10.3. The zero-order valence-corrected chi connectivity index (χ0v) is 13.0. The average Bonchev–Trinajstić information content (AvgIpc) is 2.53. The van der Waals surface area contributed by atoms with E-state index in [0.717, 1.165) is 24.1 Å². The zero-order valence-electron chi connectivity index (χ0n) is 13.0. The Bertz CT molecular complexity index is 597. The van der Waals surface area contributed by atoms with Crippen molar-refractivity contribution >= 4 is 0 Å². The summed E-state index contributed by atoms with van der Waals surface area (Å²) >= 11 is 0. The molecule has 0 saturated heterocycles. The predicted molar refractivity (Wildman–Crippen MR) is 89.3 cm³/mol. The second-order valence-electron chi connectivity index (χ2n) is 5.35. The number of aromatic nitrogens is 1. The molecule has 1 heteroatoms. The fourth-order valence-electron chi connectivity index (χ4n) is 2.21. The number of aryl methyl sites for hydroxylation is 2. The summed E-state index contributed by atoms with van der Waals surface area (Å²) in [6.45, 7) is 4.41. The topological polar surface area (TPSA) is 12.9 Å². The molecule has 108 valence electrons. The van der Waals surface area contributed by atoms with Crippen LogP contribution in [0.5, 0.6) is 0 Å². The standard InChI is InChI=1S/C20H23N/c1-3-5-7-19-13-15-20(21-16-19)14-12-18-10-8-17(6-4-2)9-11-18/h8-11,13,15-16H,3-7H2,1-2H3. The molecule has 0 aliphatic rings. The predicted octanol–water partition coefficient (Wildman–Crippen LogP) is 4.78. The monoisotopic (exact) mass is 277 g/mol. The molecular weight excluding hydrogens is 254 g/mol. The normalized spacial score (nSPS) is 10.0. The lowest BCUT2D eigenvalue weighted by atomic mass is 10.1. The second kappa shape index (κ2) is 8.27. The van der Waals surface area contributed by atoms with Gasteiger partial charge >= 0.3 is 0 Å². The van der Waals surface area contributed by atoms with Crippen molar-refractivity contribution in [1.29, 1.82) is 0 Å². The van der Waals surface area contributed by atoms with Gasteiger partial charge in [-0.25, -0.2) is 4.98 Å². The molecule has 2 rings (SSSR count). The number of benzene rings is 1. The van der Waals surface area contributed by atoms with Crippen LogP contribution < -0.4 is 0 Å². The van der Waals surface area contributed by atoms with Gasteiger partial charge in [0.1, 0.15) is 5.69 Å². The molecule has 0 N–H and O–H groups in total. The summed E-state index contributed by atoms with van der Waals surface area (Å²) in [4.78, 5) is 4.42. The minimum absolute atomic E-state index is 0.841. The van der Waals surface area contributed by atoms with Crippen LogP contribution in [-0.2, 0) is 12.8 Å². The van der Waals surface area contributed by atoms with E-state index >= 15 is 0 Å². The molecule has 2 aromatic rings. The fourth-order valence-corrected chi connectivity index (χ4v) is 2.21. The molecule has 0 saturated carbocycles. The Labute approximate surface area is 128 Å². The lowest BCUT2D eigenvalue weighted by Crippen LogP contribution is -1.88. The maximum atomic E-state index is 4.42. The van der Waals surface area contributed by atoms with Gasteiger partial charge in [-0.05, 0) is 54.5 Å². The van der Waals surface area contributed by atoms with Crippen LogP contribution in [0.25, 0.3) is 0 Å². The highest BCUT2D eigenvalue weighted by Gasteiger charge is 1.94. The van der Waals surface area contributed by atoms with Crippen LogP contribution in [0, 0.1) is 11.8 Å². The van der Waals surface area contributed by atoms with E-state index < -0.39 is 0 Å². The molecule has 0 aliphatic carbocycles. The maximum Gasteiger partial charge on any atom is 0.113 e. The summed E-state index contributed by atoms with van der Waals surface area (Å²) in [5.74, 6) is 6.31. The largest absolute Gasteiger partial charge is 0.248 e. The van der Waals surface area contributed by atoms with Crippen LogP contribution >= 0.6 is 0 Å².